The Morgan fingerprint density at radius 2 is 1.57 bits per heavy atom. The van der Waals surface area contributed by atoms with E-state index < -0.39 is 23.4 Å². The summed E-state index contributed by atoms with van der Waals surface area (Å²) in [6, 6.07) is 17.2. The number of carbonyl (C=O) groups excluding carboxylic acids is 2. The van der Waals surface area contributed by atoms with Gasteiger partial charge in [-0.2, -0.15) is 0 Å². The van der Waals surface area contributed by atoms with Crippen LogP contribution in [-0.4, -0.2) is 23.8 Å². The first-order valence-electron chi connectivity index (χ1n) is 9.23. The molecule has 2 amide bonds. The van der Waals surface area contributed by atoms with Crippen LogP contribution in [0.5, 0.6) is 5.75 Å². The molecule has 0 bridgehead atoms. The Balaban J connectivity index is 1.76. The van der Waals surface area contributed by atoms with E-state index >= 15 is 0 Å². The largest absolute Gasteiger partial charge is 0.497 e. The Morgan fingerprint density at radius 3 is 2.23 bits per heavy atom. The molecule has 6 heteroatoms. The molecule has 0 saturated heterocycles. The van der Waals surface area contributed by atoms with Crippen molar-refractivity contribution in [1.82, 2.24) is 4.90 Å². The summed E-state index contributed by atoms with van der Waals surface area (Å²) < 4.78 is 32.1. The predicted octanol–water partition coefficient (Wildman–Crippen LogP) is 4.70. The van der Waals surface area contributed by atoms with Gasteiger partial charge in [0.05, 0.1) is 13.7 Å². The Morgan fingerprint density at radius 1 is 0.867 bits per heavy atom. The molecular formula is C24H17F2NO3. The molecule has 0 N–H and O–H groups in total. The molecular weight excluding hydrogens is 388 g/mol. The highest BCUT2D eigenvalue weighted by molar-refractivity contribution is 6.33. The molecule has 30 heavy (non-hydrogen) atoms. The molecule has 0 radical (unpaired) electrons. The minimum Gasteiger partial charge on any atom is -0.497 e. The fraction of sp³-hybridized carbons (Fsp3) is 0.0833. The number of rotatable bonds is 4. The minimum absolute atomic E-state index is 0.0745. The second-order valence-corrected chi connectivity index (χ2v) is 6.82. The molecule has 1 aliphatic heterocycles. The van der Waals surface area contributed by atoms with Gasteiger partial charge in [-0.1, -0.05) is 36.4 Å². The monoisotopic (exact) mass is 405 g/mol. The highest BCUT2D eigenvalue weighted by Gasteiger charge is 2.34. The number of amides is 2. The summed E-state index contributed by atoms with van der Waals surface area (Å²) in [4.78, 5) is 27.4. The van der Waals surface area contributed by atoms with Crippen molar-refractivity contribution in [3.8, 4) is 5.75 Å². The van der Waals surface area contributed by atoms with Crippen molar-refractivity contribution >= 4 is 23.5 Å². The molecule has 1 heterocycles. The van der Waals surface area contributed by atoms with Crippen LogP contribution in [0, 0.1) is 11.6 Å². The number of carbonyl (C=O) groups is 2. The summed E-state index contributed by atoms with van der Waals surface area (Å²) in [7, 11) is 1.55. The molecule has 4 rings (SSSR count). The van der Waals surface area contributed by atoms with Gasteiger partial charge in [0.1, 0.15) is 5.75 Å². The second kappa shape index (κ2) is 7.91. The number of benzene rings is 3. The van der Waals surface area contributed by atoms with Crippen molar-refractivity contribution in [3.63, 3.8) is 0 Å². The predicted molar refractivity (Wildman–Crippen MR) is 109 cm³/mol. The maximum atomic E-state index is 13.7. The number of imide groups is 1. The molecule has 0 atom stereocenters. The number of fused-ring (bicyclic) bond motifs is 1. The van der Waals surface area contributed by atoms with E-state index in [9.17, 15) is 18.4 Å². The fourth-order valence-corrected chi connectivity index (χ4v) is 3.37. The first-order valence-corrected chi connectivity index (χ1v) is 9.23. The molecule has 0 aromatic heterocycles. The number of halogens is 2. The molecule has 1 aliphatic rings. The Bertz CT molecular complexity index is 1170. The van der Waals surface area contributed by atoms with Crippen LogP contribution in [0.1, 0.15) is 27.0 Å². The molecule has 3 aromatic rings. The highest BCUT2D eigenvalue weighted by Crippen LogP contribution is 2.31. The van der Waals surface area contributed by atoms with Gasteiger partial charge in [-0.05, 0) is 53.1 Å². The van der Waals surface area contributed by atoms with Crippen molar-refractivity contribution < 1.29 is 23.1 Å². The maximum Gasteiger partial charge on any atom is 0.261 e. The van der Waals surface area contributed by atoms with E-state index in [0.29, 0.717) is 22.4 Å². The third-order valence-corrected chi connectivity index (χ3v) is 4.92. The van der Waals surface area contributed by atoms with E-state index in [-0.39, 0.29) is 12.1 Å². The molecule has 3 aromatic carbocycles. The molecule has 4 nitrogen and oxygen atoms in total. The topological polar surface area (TPSA) is 46.6 Å². The first-order chi connectivity index (χ1) is 14.5. The number of methoxy groups -OCH3 is 1. The summed E-state index contributed by atoms with van der Waals surface area (Å²) in [5.74, 6) is -2.22. The van der Waals surface area contributed by atoms with Gasteiger partial charge >= 0.3 is 0 Å². The van der Waals surface area contributed by atoms with Crippen LogP contribution >= 0.6 is 0 Å². The fourth-order valence-electron chi connectivity index (χ4n) is 3.37. The van der Waals surface area contributed by atoms with Gasteiger partial charge in [0.25, 0.3) is 11.8 Å². The van der Waals surface area contributed by atoms with E-state index in [2.05, 4.69) is 0 Å². The van der Waals surface area contributed by atoms with Gasteiger partial charge in [-0.3, -0.25) is 14.5 Å². The van der Waals surface area contributed by atoms with Crippen molar-refractivity contribution in [2.75, 3.05) is 7.11 Å². The average Bonchev–Trinajstić information content (AvgIpc) is 2.77. The van der Waals surface area contributed by atoms with Crippen LogP contribution in [0.4, 0.5) is 8.78 Å². The Labute approximate surface area is 172 Å². The van der Waals surface area contributed by atoms with E-state index in [1.54, 1.807) is 55.6 Å². The van der Waals surface area contributed by atoms with Crippen molar-refractivity contribution in [2.45, 2.75) is 6.54 Å². The van der Waals surface area contributed by atoms with Crippen molar-refractivity contribution in [2.24, 2.45) is 0 Å². The lowest BCUT2D eigenvalue weighted by Gasteiger charge is -2.28. The van der Waals surface area contributed by atoms with Crippen LogP contribution in [0.15, 0.2) is 66.7 Å². The van der Waals surface area contributed by atoms with Crippen molar-refractivity contribution in [1.29, 1.82) is 0 Å². The zero-order valence-corrected chi connectivity index (χ0v) is 16.1. The first kappa shape index (κ1) is 19.5. The minimum atomic E-state index is -1.01. The van der Waals surface area contributed by atoms with E-state index in [0.717, 1.165) is 22.6 Å². The zero-order valence-electron chi connectivity index (χ0n) is 16.1. The van der Waals surface area contributed by atoms with E-state index in [4.69, 9.17) is 4.74 Å². The lowest BCUT2D eigenvalue weighted by atomic mass is 9.91. The molecule has 0 spiro atoms. The van der Waals surface area contributed by atoms with Gasteiger partial charge in [0.15, 0.2) is 11.6 Å². The highest BCUT2D eigenvalue weighted by atomic mass is 19.2. The van der Waals surface area contributed by atoms with Crippen LogP contribution in [0.3, 0.4) is 0 Å². The number of hydrogen-bond acceptors (Lipinski definition) is 3. The lowest BCUT2D eigenvalue weighted by Crippen LogP contribution is -2.41. The molecule has 0 aliphatic carbocycles. The van der Waals surface area contributed by atoms with E-state index in [1.165, 1.54) is 12.1 Å². The normalized spacial score (nSPS) is 14.8. The SMILES string of the molecule is COc1ccc(CN2C(=O)/C(=C\c3ccc(F)c(F)c3)c3ccccc3C2=O)cc1. The summed E-state index contributed by atoms with van der Waals surface area (Å²) in [6.45, 7) is 0.0745. The quantitative estimate of drug-likeness (QED) is 0.467. The Kier molecular flexibility index (Phi) is 5.14. The lowest BCUT2D eigenvalue weighted by molar-refractivity contribution is -0.123. The van der Waals surface area contributed by atoms with E-state index in [1.807, 2.05) is 0 Å². The molecule has 0 saturated carbocycles. The average molecular weight is 405 g/mol. The third kappa shape index (κ3) is 3.59. The zero-order chi connectivity index (χ0) is 21.3. The smallest absolute Gasteiger partial charge is 0.261 e. The molecule has 0 fully saturated rings. The third-order valence-electron chi connectivity index (χ3n) is 4.92. The van der Waals surface area contributed by atoms with Gasteiger partial charge < -0.3 is 4.74 Å². The number of ether oxygens (including phenoxy) is 1. The Hall–Kier alpha value is -3.80. The van der Waals surface area contributed by atoms with Crippen LogP contribution in [0.2, 0.25) is 0 Å². The summed E-state index contributed by atoms with van der Waals surface area (Å²) in [5, 5.41) is 0. The van der Waals surface area contributed by atoms with Crippen LogP contribution in [0.25, 0.3) is 11.6 Å². The maximum absolute atomic E-state index is 13.7. The van der Waals surface area contributed by atoms with Crippen molar-refractivity contribution in [3.05, 3.63) is 101 Å². The number of hydrogen-bond donors (Lipinski definition) is 0. The van der Waals surface area contributed by atoms with Crippen LogP contribution in [-0.2, 0) is 11.3 Å². The molecule has 0 unspecified atom stereocenters. The summed E-state index contributed by atoms with van der Waals surface area (Å²) >= 11 is 0. The summed E-state index contributed by atoms with van der Waals surface area (Å²) in [5.41, 5.74) is 2.15. The van der Waals surface area contributed by atoms with Gasteiger partial charge in [0.2, 0.25) is 0 Å². The van der Waals surface area contributed by atoms with Gasteiger partial charge in [-0.15, -0.1) is 0 Å². The number of nitrogens with zero attached hydrogens (tertiary/aromatic N) is 1. The second-order valence-electron chi connectivity index (χ2n) is 6.82. The molecule has 150 valence electrons. The summed E-state index contributed by atoms with van der Waals surface area (Å²) in [6.07, 6.45) is 1.47. The van der Waals surface area contributed by atoms with Gasteiger partial charge in [-0.25, -0.2) is 8.78 Å². The van der Waals surface area contributed by atoms with Gasteiger partial charge in [0, 0.05) is 11.1 Å². The standard InChI is InChI=1S/C24H17F2NO3/c1-30-17-9-6-15(7-10-17)14-27-23(28)19-5-3-2-4-18(19)20(24(27)29)12-16-8-11-21(25)22(26)13-16/h2-13H,14H2,1H3/b20-12-. The van der Waals surface area contributed by atoms with Crippen LogP contribution < -0.4 is 4.74 Å².